The van der Waals surface area contributed by atoms with E-state index in [9.17, 15) is 13.2 Å². The molecular formula is C17H28N2O3S. The Kier molecular flexibility index (Phi) is 6.77. The summed E-state index contributed by atoms with van der Waals surface area (Å²) in [5.74, 6) is 0.373. The van der Waals surface area contributed by atoms with Gasteiger partial charge in [-0.2, -0.15) is 0 Å². The molecule has 0 fully saturated rings. The van der Waals surface area contributed by atoms with Gasteiger partial charge in [-0.15, -0.1) is 0 Å². The van der Waals surface area contributed by atoms with E-state index >= 15 is 0 Å². The number of carbonyl (C=O) groups excluding carboxylic acids is 1. The summed E-state index contributed by atoms with van der Waals surface area (Å²) in [6.07, 6.45) is 1.96. The highest BCUT2D eigenvalue weighted by molar-refractivity contribution is 7.89. The van der Waals surface area contributed by atoms with Crippen LogP contribution in [0.1, 0.15) is 48.2 Å². The Morgan fingerprint density at radius 1 is 1.22 bits per heavy atom. The number of aryl methyl sites for hydroxylation is 1. The third-order valence-electron chi connectivity index (χ3n) is 3.88. The Balaban J connectivity index is 3.01. The van der Waals surface area contributed by atoms with E-state index < -0.39 is 10.0 Å². The fourth-order valence-corrected chi connectivity index (χ4v) is 3.45. The van der Waals surface area contributed by atoms with Gasteiger partial charge in [-0.25, -0.2) is 12.7 Å². The lowest BCUT2D eigenvalue weighted by Gasteiger charge is -2.16. The normalized spacial score (nSPS) is 12.0. The van der Waals surface area contributed by atoms with Crippen molar-refractivity contribution in [3.63, 3.8) is 0 Å². The van der Waals surface area contributed by atoms with Crippen LogP contribution in [0.15, 0.2) is 17.0 Å². The minimum atomic E-state index is -3.57. The molecule has 0 unspecified atom stereocenters. The van der Waals surface area contributed by atoms with Crippen molar-refractivity contribution in [2.45, 2.75) is 45.4 Å². The first-order valence-corrected chi connectivity index (χ1v) is 9.33. The molecule has 0 aliphatic heterocycles. The molecule has 0 bridgehead atoms. The van der Waals surface area contributed by atoms with Crippen LogP contribution in [0.25, 0.3) is 0 Å². The van der Waals surface area contributed by atoms with Crippen molar-refractivity contribution in [3.05, 3.63) is 28.8 Å². The number of hydrogen-bond donors (Lipinski definition) is 1. The second-order valence-electron chi connectivity index (χ2n) is 6.50. The van der Waals surface area contributed by atoms with Crippen LogP contribution in [0.5, 0.6) is 0 Å². The molecule has 0 aromatic heterocycles. The van der Waals surface area contributed by atoms with Crippen molar-refractivity contribution >= 4 is 15.9 Å². The standard InChI is InChI=1S/C17H28N2O3S/c1-12(2)8-7-9-18-17(20)15-10-13(3)14(4)16(11-15)23(21,22)19(5)6/h10-12H,7-9H2,1-6H3,(H,18,20). The molecule has 0 aliphatic rings. The Hall–Kier alpha value is -1.40. The summed E-state index contributed by atoms with van der Waals surface area (Å²) in [6.45, 7) is 8.46. The Morgan fingerprint density at radius 2 is 1.83 bits per heavy atom. The molecule has 0 saturated heterocycles. The third kappa shape index (κ3) is 5.04. The first-order valence-electron chi connectivity index (χ1n) is 7.89. The molecule has 0 aliphatic carbocycles. The molecule has 1 rings (SSSR count). The van der Waals surface area contributed by atoms with Gasteiger partial charge in [-0.05, 0) is 55.9 Å². The number of sulfonamides is 1. The predicted octanol–water partition coefficient (Wildman–Crippen LogP) is 2.72. The van der Waals surface area contributed by atoms with Gasteiger partial charge in [0.05, 0.1) is 4.90 Å². The van der Waals surface area contributed by atoms with E-state index in [0.29, 0.717) is 23.6 Å². The zero-order valence-electron chi connectivity index (χ0n) is 14.9. The highest BCUT2D eigenvalue weighted by Gasteiger charge is 2.22. The summed E-state index contributed by atoms with van der Waals surface area (Å²) in [7, 11) is -0.591. The molecule has 0 spiro atoms. The summed E-state index contributed by atoms with van der Waals surface area (Å²) in [5.41, 5.74) is 1.85. The highest BCUT2D eigenvalue weighted by Crippen LogP contribution is 2.23. The monoisotopic (exact) mass is 340 g/mol. The molecule has 23 heavy (non-hydrogen) atoms. The molecule has 130 valence electrons. The third-order valence-corrected chi connectivity index (χ3v) is 5.83. The van der Waals surface area contributed by atoms with Gasteiger partial charge >= 0.3 is 0 Å². The van der Waals surface area contributed by atoms with Crippen LogP contribution in [-0.2, 0) is 10.0 Å². The minimum Gasteiger partial charge on any atom is -0.352 e. The summed E-state index contributed by atoms with van der Waals surface area (Å²) < 4.78 is 26.0. The molecule has 1 N–H and O–H groups in total. The van der Waals surface area contributed by atoms with Gasteiger partial charge in [0.1, 0.15) is 0 Å². The highest BCUT2D eigenvalue weighted by atomic mass is 32.2. The van der Waals surface area contributed by atoms with E-state index in [1.807, 2.05) is 6.92 Å². The van der Waals surface area contributed by atoms with Gasteiger partial charge in [-0.3, -0.25) is 4.79 Å². The number of nitrogens with zero attached hydrogens (tertiary/aromatic N) is 1. The molecule has 1 aromatic carbocycles. The molecule has 1 amide bonds. The SMILES string of the molecule is Cc1cc(C(=O)NCCCC(C)C)cc(S(=O)(=O)N(C)C)c1C. The van der Waals surface area contributed by atoms with Crippen molar-refractivity contribution in [1.29, 1.82) is 0 Å². The van der Waals surface area contributed by atoms with Crippen LogP contribution < -0.4 is 5.32 Å². The van der Waals surface area contributed by atoms with Crippen molar-refractivity contribution in [2.24, 2.45) is 5.92 Å². The van der Waals surface area contributed by atoms with E-state index in [1.165, 1.54) is 24.5 Å². The quantitative estimate of drug-likeness (QED) is 0.776. The molecule has 6 heteroatoms. The second kappa shape index (κ2) is 7.93. The summed E-state index contributed by atoms with van der Waals surface area (Å²) in [4.78, 5) is 12.5. The molecule has 0 saturated carbocycles. The number of rotatable bonds is 7. The van der Waals surface area contributed by atoms with E-state index in [1.54, 1.807) is 13.0 Å². The van der Waals surface area contributed by atoms with Crippen LogP contribution in [-0.4, -0.2) is 39.3 Å². The van der Waals surface area contributed by atoms with Gasteiger partial charge in [0.25, 0.3) is 5.91 Å². The second-order valence-corrected chi connectivity index (χ2v) is 8.62. The summed E-state index contributed by atoms with van der Waals surface area (Å²) >= 11 is 0. The van der Waals surface area contributed by atoms with Gasteiger partial charge in [-0.1, -0.05) is 13.8 Å². The molecule has 0 atom stereocenters. The van der Waals surface area contributed by atoms with Gasteiger partial charge in [0.15, 0.2) is 0 Å². The van der Waals surface area contributed by atoms with Crippen LogP contribution in [0, 0.1) is 19.8 Å². The average molecular weight is 340 g/mol. The summed E-state index contributed by atoms with van der Waals surface area (Å²) in [5, 5.41) is 2.86. The molecular weight excluding hydrogens is 312 g/mol. The first kappa shape index (κ1) is 19.6. The Labute approximate surface area is 140 Å². The lowest BCUT2D eigenvalue weighted by molar-refractivity contribution is 0.0952. The first-order chi connectivity index (χ1) is 10.6. The number of hydrogen-bond acceptors (Lipinski definition) is 3. The van der Waals surface area contributed by atoms with Crippen LogP contribution in [0.3, 0.4) is 0 Å². The molecule has 5 nitrogen and oxygen atoms in total. The van der Waals surface area contributed by atoms with Crippen LogP contribution >= 0.6 is 0 Å². The fourth-order valence-electron chi connectivity index (χ4n) is 2.24. The summed E-state index contributed by atoms with van der Waals surface area (Å²) in [6, 6.07) is 3.21. The Bertz CT molecular complexity index is 665. The molecule has 0 heterocycles. The number of carbonyl (C=O) groups is 1. The number of nitrogens with one attached hydrogen (secondary N) is 1. The lowest BCUT2D eigenvalue weighted by Crippen LogP contribution is -2.27. The van der Waals surface area contributed by atoms with Gasteiger partial charge in [0.2, 0.25) is 10.0 Å². The van der Waals surface area contributed by atoms with Crippen molar-refractivity contribution < 1.29 is 13.2 Å². The van der Waals surface area contributed by atoms with Crippen molar-refractivity contribution in [3.8, 4) is 0 Å². The van der Waals surface area contributed by atoms with Gasteiger partial charge < -0.3 is 5.32 Å². The van der Waals surface area contributed by atoms with E-state index in [2.05, 4.69) is 19.2 Å². The van der Waals surface area contributed by atoms with E-state index in [0.717, 1.165) is 18.4 Å². The van der Waals surface area contributed by atoms with Crippen LogP contribution in [0.4, 0.5) is 0 Å². The zero-order chi connectivity index (χ0) is 17.8. The lowest BCUT2D eigenvalue weighted by atomic mass is 10.1. The number of benzene rings is 1. The van der Waals surface area contributed by atoms with E-state index in [4.69, 9.17) is 0 Å². The smallest absolute Gasteiger partial charge is 0.251 e. The maximum atomic E-state index is 12.4. The number of amides is 1. The zero-order valence-corrected chi connectivity index (χ0v) is 15.8. The average Bonchev–Trinajstić information content (AvgIpc) is 2.45. The molecule has 1 aromatic rings. The van der Waals surface area contributed by atoms with E-state index in [-0.39, 0.29) is 10.8 Å². The van der Waals surface area contributed by atoms with Crippen LogP contribution in [0.2, 0.25) is 0 Å². The Morgan fingerprint density at radius 3 is 2.35 bits per heavy atom. The predicted molar refractivity (Wildman–Crippen MR) is 93.2 cm³/mol. The van der Waals surface area contributed by atoms with Gasteiger partial charge in [0, 0.05) is 26.2 Å². The van der Waals surface area contributed by atoms with Crippen molar-refractivity contribution in [1.82, 2.24) is 9.62 Å². The van der Waals surface area contributed by atoms with Crippen molar-refractivity contribution in [2.75, 3.05) is 20.6 Å². The maximum Gasteiger partial charge on any atom is 0.251 e. The maximum absolute atomic E-state index is 12.4. The minimum absolute atomic E-state index is 0.190. The fraction of sp³-hybridized carbons (Fsp3) is 0.588. The molecule has 0 radical (unpaired) electrons. The largest absolute Gasteiger partial charge is 0.352 e. The topological polar surface area (TPSA) is 66.5 Å².